The fourth-order valence-electron chi connectivity index (χ4n) is 3.57. The van der Waals surface area contributed by atoms with E-state index in [9.17, 15) is 9.00 Å². The highest BCUT2D eigenvalue weighted by atomic mass is 32.2. The molecule has 1 N–H and O–H groups in total. The van der Waals surface area contributed by atoms with E-state index in [1.807, 2.05) is 49.4 Å². The molecule has 0 saturated heterocycles. The monoisotopic (exact) mass is 393 g/mol. The van der Waals surface area contributed by atoms with Crippen LogP contribution in [0.25, 0.3) is 5.69 Å². The number of rotatable bonds is 5. The number of aryl methyl sites for hydroxylation is 3. The van der Waals surface area contributed by atoms with Crippen LogP contribution in [0.3, 0.4) is 0 Å². The van der Waals surface area contributed by atoms with Crippen LogP contribution in [0.4, 0.5) is 5.82 Å². The Hall–Kier alpha value is -2.73. The number of nitrogens with one attached hydrogen (secondary N) is 1. The van der Waals surface area contributed by atoms with E-state index in [4.69, 9.17) is 0 Å². The Morgan fingerprint density at radius 2 is 1.93 bits per heavy atom. The maximum absolute atomic E-state index is 12.7. The molecule has 1 aromatic heterocycles. The molecule has 1 atom stereocenters. The molecule has 1 amide bonds. The van der Waals surface area contributed by atoms with E-state index in [0.717, 1.165) is 28.1 Å². The van der Waals surface area contributed by atoms with E-state index in [1.165, 1.54) is 5.56 Å². The predicted octanol–water partition coefficient (Wildman–Crippen LogP) is 3.82. The van der Waals surface area contributed by atoms with Crippen LogP contribution in [0.15, 0.2) is 48.5 Å². The molecule has 3 aromatic rings. The van der Waals surface area contributed by atoms with Crippen molar-refractivity contribution in [3.8, 4) is 5.69 Å². The summed E-state index contributed by atoms with van der Waals surface area (Å²) < 4.78 is 13.8. The minimum absolute atomic E-state index is 0.0600. The molecular formula is C22H23N3O2S. The summed E-state index contributed by atoms with van der Waals surface area (Å²) in [5, 5.41) is 7.73. The van der Waals surface area contributed by atoms with E-state index in [1.54, 1.807) is 4.68 Å². The summed E-state index contributed by atoms with van der Waals surface area (Å²) >= 11 is 0. The quantitative estimate of drug-likeness (QED) is 0.717. The zero-order valence-corrected chi connectivity index (χ0v) is 16.9. The average molecular weight is 394 g/mol. The number of nitrogens with zero attached hydrogens (tertiary/aromatic N) is 2. The summed E-state index contributed by atoms with van der Waals surface area (Å²) in [4.78, 5) is 12.7. The first-order chi connectivity index (χ1) is 13.5. The van der Waals surface area contributed by atoms with Crippen molar-refractivity contribution in [1.82, 2.24) is 9.78 Å². The van der Waals surface area contributed by atoms with Crippen molar-refractivity contribution in [2.45, 2.75) is 38.2 Å². The van der Waals surface area contributed by atoms with Gasteiger partial charge in [0.15, 0.2) is 0 Å². The van der Waals surface area contributed by atoms with Crippen LogP contribution in [-0.4, -0.2) is 19.9 Å². The Morgan fingerprint density at radius 1 is 1.14 bits per heavy atom. The predicted molar refractivity (Wildman–Crippen MR) is 112 cm³/mol. The number of hydrogen-bond acceptors (Lipinski definition) is 3. The second kappa shape index (κ2) is 7.72. The van der Waals surface area contributed by atoms with Crippen LogP contribution in [-0.2, 0) is 33.5 Å². The molecule has 0 aliphatic carbocycles. The molecule has 0 unspecified atom stereocenters. The Bertz CT molecular complexity index is 1060. The van der Waals surface area contributed by atoms with Crippen LogP contribution in [0, 0.1) is 13.8 Å². The number of amides is 1. The van der Waals surface area contributed by atoms with Crippen LogP contribution < -0.4 is 5.32 Å². The van der Waals surface area contributed by atoms with Crippen molar-refractivity contribution >= 4 is 22.5 Å². The van der Waals surface area contributed by atoms with E-state index >= 15 is 0 Å². The van der Waals surface area contributed by atoms with Gasteiger partial charge >= 0.3 is 0 Å². The van der Waals surface area contributed by atoms with Crippen molar-refractivity contribution < 1.29 is 9.00 Å². The van der Waals surface area contributed by atoms with Crippen LogP contribution >= 0.6 is 0 Å². The lowest BCUT2D eigenvalue weighted by Gasteiger charge is -2.13. The number of fused-ring (bicyclic) bond motifs is 1. The van der Waals surface area contributed by atoms with Gasteiger partial charge in [-0.3, -0.25) is 9.00 Å². The van der Waals surface area contributed by atoms with Crippen LogP contribution in [0.5, 0.6) is 0 Å². The van der Waals surface area contributed by atoms with Gasteiger partial charge in [0.2, 0.25) is 5.91 Å². The Balaban J connectivity index is 1.62. The highest BCUT2D eigenvalue weighted by molar-refractivity contribution is 7.83. The molecule has 2 aromatic carbocycles. The molecule has 0 saturated carbocycles. The molecule has 0 radical (unpaired) electrons. The second-order valence-corrected chi connectivity index (χ2v) is 8.69. The van der Waals surface area contributed by atoms with Crippen LogP contribution in [0.1, 0.15) is 34.4 Å². The third-order valence-corrected chi connectivity index (χ3v) is 6.20. The zero-order valence-electron chi connectivity index (χ0n) is 16.1. The number of benzene rings is 2. The molecule has 2 heterocycles. The molecule has 0 bridgehead atoms. The second-order valence-electron chi connectivity index (χ2n) is 7.24. The summed E-state index contributed by atoms with van der Waals surface area (Å²) in [6.45, 7) is 4.09. The molecular weight excluding hydrogens is 370 g/mol. The molecule has 0 spiro atoms. The van der Waals surface area contributed by atoms with Crippen LogP contribution in [0.2, 0.25) is 0 Å². The normalized spacial score (nSPS) is 15.4. The highest BCUT2D eigenvalue weighted by Gasteiger charge is 2.28. The maximum Gasteiger partial charge on any atom is 0.225 e. The van der Waals surface area contributed by atoms with E-state index in [-0.39, 0.29) is 5.91 Å². The molecule has 1 aliphatic rings. The lowest BCUT2D eigenvalue weighted by atomic mass is 10.1. The van der Waals surface area contributed by atoms with Gasteiger partial charge in [-0.2, -0.15) is 5.10 Å². The first-order valence-corrected chi connectivity index (χ1v) is 10.9. The van der Waals surface area contributed by atoms with Gasteiger partial charge in [0.05, 0.1) is 22.9 Å². The number of aromatic nitrogens is 2. The van der Waals surface area contributed by atoms with Crippen molar-refractivity contribution in [2.24, 2.45) is 0 Å². The van der Waals surface area contributed by atoms with Crippen molar-refractivity contribution in [1.29, 1.82) is 0 Å². The van der Waals surface area contributed by atoms with Gasteiger partial charge in [0, 0.05) is 22.8 Å². The van der Waals surface area contributed by atoms with E-state index in [2.05, 4.69) is 23.4 Å². The third kappa shape index (κ3) is 3.78. The minimum atomic E-state index is -0.948. The lowest BCUT2D eigenvalue weighted by Crippen LogP contribution is -2.17. The van der Waals surface area contributed by atoms with Crippen molar-refractivity contribution in [2.75, 3.05) is 5.32 Å². The molecule has 0 fully saturated rings. The fourth-order valence-corrected chi connectivity index (χ4v) is 4.83. The summed E-state index contributed by atoms with van der Waals surface area (Å²) in [5.74, 6) is 1.48. The molecule has 4 rings (SSSR count). The van der Waals surface area contributed by atoms with Gasteiger partial charge in [-0.15, -0.1) is 0 Å². The van der Waals surface area contributed by atoms with Gasteiger partial charge in [0.1, 0.15) is 5.82 Å². The number of anilines is 1. The maximum atomic E-state index is 12.7. The molecule has 6 heteroatoms. The van der Waals surface area contributed by atoms with Gasteiger partial charge in [0.25, 0.3) is 0 Å². The van der Waals surface area contributed by atoms with Gasteiger partial charge in [-0.1, -0.05) is 48.0 Å². The average Bonchev–Trinajstić information content (AvgIpc) is 3.18. The first kappa shape index (κ1) is 18.6. The number of carbonyl (C=O) groups is 1. The minimum Gasteiger partial charge on any atom is -0.310 e. The van der Waals surface area contributed by atoms with E-state index < -0.39 is 10.8 Å². The van der Waals surface area contributed by atoms with Crippen molar-refractivity contribution in [3.05, 3.63) is 76.5 Å². The largest absolute Gasteiger partial charge is 0.310 e. The summed E-state index contributed by atoms with van der Waals surface area (Å²) in [6.07, 6.45) is 1.07. The van der Waals surface area contributed by atoms with Crippen molar-refractivity contribution in [3.63, 3.8) is 0 Å². The highest BCUT2D eigenvalue weighted by Crippen LogP contribution is 2.32. The molecule has 5 nitrogen and oxygen atoms in total. The third-order valence-electron chi connectivity index (χ3n) is 4.99. The Labute approximate surface area is 167 Å². The topological polar surface area (TPSA) is 64.0 Å². The van der Waals surface area contributed by atoms with Gasteiger partial charge < -0.3 is 5.32 Å². The standard InChI is InChI=1S/C22H23N3O2S/c1-15-8-10-20(16(2)12-15)25-22(18-13-28(27)14-19(18)24-25)23-21(26)11-9-17-6-4-3-5-7-17/h3-8,10,12H,9,11,13-14H2,1-2H3,(H,23,26)/t28-/m1/s1. The molecule has 144 valence electrons. The molecule has 28 heavy (non-hydrogen) atoms. The number of carbonyl (C=O) groups excluding carboxylic acids is 1. The first-order valence-electron chi connectivity index (χ1n) is 9.38. The Morgan fingerprint density at radius 3 is 2.68 bits per heavy atom. The number of hydrogen-bond donors (Lipinski definition) is 1. The summed E-state index contributed by atoms with van der Waals surface area (Å²) in [5.41, 5.74) is 6.04. The summed E-state index contributed by atoms with van der Waals surface area (Å²) in [7, 11) is -0.948. The fraction of sp³-hybridized carbons (Fsp3) is 0.273. The summed E-state index contributed by atoms with van der Waals surface area (Å²) in [6, 6.07) is 16.1. The van der Waals surface area contributed by atoms with Gasteiger partial charge in [-0.25, -0.2) is 4.68 Å². The zero-order chi connectivity index (χ0) is 19.7. The lowest BCUT2D eigenvalue weighted by molar-refractivity contribution is -0.116. The van der Waals surface area contributed by atoms with Gasteiger partial charge in [-0.05, 0) is 37.5 Å². The SMILES string of the molecule is Cc1ccc(-n2nc3c(c2NC(=O)CCc2ccccc2)C[S@@](=O)C3)c(C)c1. The molecule has 1 aliphatic heterocycles. The van der Waals surface area contributed by atoms with E-state index in [0.29, 0.717) is 30.2 Å². The Kier molecular flexibility index (Phi) is 5.13. The smallest absolute Gasteiger partial charge is 0.225 e.